The van der Waals surface area contributed by atoms with Gasteiger partial charge in [0, 0.05) is 54.6 Å². The summed E-state index contributed by atoms with van der Waals surface area (Å²) in [7, 11) is 1.98. The Kier molecular flexibility index (Phi) is 5.16. The van der Waals surface area contributed by atoms with Crippen molar-refractivity contribution in [3.8, 4) is 11.3 Å². The van der Waals surface area contributed by atoms with E-state index in [2.05, 4.69) is 40.3 Å². The molecule has 118 valence electrons. The van der Waals surface area contributed by atoms with Crippen LogP contribution >= 0.6 is 11.8 Å². The molecular formula is C17H24N4S. The minimum absolute atomic E-state index is 0.648. The van der Waals surface area contributed by atoms with Crippen LogP contribution in [0.15, 0.2) is 30.7 Å². The van der Waals surface area contributed by atoms with Crippen molar-refractivity contribution in [2.45, 2.75) is 44.0 Å². The molecule has 0 bridgehead atoms. The number of rotatable bonds is 6. The van der Waals surface area contributed by atoms with E-state index in [1.165, 1.54) is 30.6 Å². The first-order valence-corrected chi connectivity index (χ1v) is 9.09. The van der Waals surface area contributed by atoms with E-state index in [1.54, 1.807) is 0 Å². The van der Waals surface area contributed by atoms with Crippen molar-refractivity contribution in [3.05, 3.63) is 36.3 Å². The predicted molar refractivity (Wildman–Crippen MR) is 92.8 cm³/mol. The van der Waals surface area contributed by atoms with Gasteiger partial charge in [0.25, 0.3) is 0 Å². The van der Waals surface area contributed by atoms with E-state index in [9.17, 15) is 0 Å². The molecule has 1 aliphatic rings. The highest BCUT2D eigenvalue weighted by molar-refractivity contribution is 7.99. The summed E-state index contributed by atoms with van der Waals surface area (Å²) in [6.45, 7) is 3.14. The molecule has 5 heteroatoms. The number of hydrogen-bond acceptors (Lipinski definition) is 4. The zero-order chi connectivity index (χ0) is 15.4. The summed E-state index contributed by atoms with van der Waals surface area (Å²) in [5.74, 6) is 1.23. The number of pyridine rings is 1. The van der Waals surface area contributed by atoms with Crippen molar-refractivity contribution < 1.29 is 0 Å². The monoisotopic (exact) mass is 316 g/mol. The fourth-order valence-electron chi connectivity index (χ4n) is 3.19. The Labute approximate surface area is 136 Å². The normalized spacial score (nSPS) is 21.4. The van der Waals surface area contributed by atoms with Crippen LogP contribution in [0.4, 0.5) is 0 Å². The van der Waals surface area contributed by atoms with Crippen molar-refractivity contribution in [3.63, 3.8) is 0 Å². The summed E-state index contributed by atoms with van der Waals surface area (Å²) in [5.41, 5.74) is 3.47. The van der Waals surface area contributed by atoms with Gasteiger partial charge in [-0.25, -0.2) is 0 Å². The SMILES string of the molecule is CCSC1CCC(NCc2cn(C)nc2-c2ccncc2)C1. The van der Waals surface area contributed by atoms with Gasteiger partial charge in [-0.1, -0.05) is 6.92 Å². The van der Waals surface area contributed by atoms with E-state index in [0.29, 0.717) is 6.04 Å². The molecule has 4 nitrogen and oxygen atoms in total. The first kappa shape index (κ1) is 15.6. The molecule has 1 fully saturated rings. The minimum Gasteiger partial charge on any atom is -0.310 e. The highest BCUT2D eigenvalue weighted by atomic mass is 32.2. The maximum absolute atomic E-state index is 4.62. The summed E-state index contributed by atoms with van der Waals surface area (Å²) in [5, 5.41) is 9.19. The van der Waals surface area contributed by atoms with Crippen LogP contribution in [0, 0.1) is 0 Å². The highest BCUT2D eigenvalue weighted by Crippen LogP contribution is 2.30. The van der Waals surface area contributed by atoms with Crippen LogP contribution in [0.5, 0.6) is 0 Å². The van der Waals surface area contributed by atoms with Gasteiger partial charge in [-0.05, 0) is 37.1 Å². The molecule has 1 aliphatic carbocycles. The third-order valence-electron chi connectivity index (χ3n) is 4.23. The Bertz CT molecular complexity index is 596. The van der Waals surface area contributed by atoms with Crippen LogP contribution in [0.3, 0.4) is 0 Å². The smallest absolute Gasteiger partial charge is 0.0969 e. The molecular weight excluding hydrogens is 292 g/mol. The maximum atomic E-state index is 4.62. The molecule has 3 rings (SSSR count). The second-order valence-electron chi connectivity index (χ2n) is 5.88. The van der Waals surface area contributed by atoms with Crippen molar-refractivity contribution in [2.75, 3.05) is 5.75 Å². The summed E-state index contributed by atoms with van der Waals surface area (Å²) in [6.07, 6.45) is 9.71. The second-order valence-corrected chi connectivity index (χ2v) is 7.46. The summed E-state index contributed by atoms with van der Waals surface area (Å²) in [6, 6.07) is 4.69. The maximum Gasteiger partial charge on any atom is 0.0969 e. The van der Waals surface area contributed by atoms with Gasteiger partial charge in [0.15, 0.2) is 0 Å². The van der Waals surface area contributed by atoms with Crippen LogP contribution in [0.1, 0.15) is 31.7 Å². The Morgan fingerprint density at radius 1 is 1.32 bits per heavy atom. The largest absolute Gasteiger partial charge is 0.310 e. The molecule has 0 spiro atoms. The highest BCUT2D eigenvalue weighted by Gasteiger charge is 2.24. The lowest BCUT2D eigenvalue weighted by atomic mass is 10.1. The summed E-state index contributed by atoms with van der Waals surface area (Å²) in [4.78, 5) is 4.09. The molecule has 2 aromatic rings. The zero-order valence-electron chi connectivity index (χ0n) is 13.3. The molecule has 1 saturated carbocycles. The molecule has 0 saturated heterocycles. The minimum atomic E-state index is 0.648. The molecule has 0 amide bonds. The van der Waals surface area contributed by atoms with E-state index >= 15 is 0 Å². The summed E-state index contributed by atoms with van der Waals surface area (Å²) < 4.78 is 1.90. The topological polar surface area (TPSA) is 42.7 Å². The molecule has 1 N–H and O–H groups in total. The quantitative estimate of drug-likeness (QED) is 0.888. The number of hydrogen-bond donors (Lipinski definition) is 1. The van der Waals surface area contributed by atoms with E-state index in [0.717, 1.165) is 23.1 Å². The molecule has 0 radical (unpaired) electrons. The van der Waals surface area contributed by atoms with E-state index in [4.69, 9.17) is 0 Å². The van der Waals surface area contributed by atoms with Gasteiger partial charge in [-0.2, -0.15) is 16.9 Å². The van der Waals surface area contributed by atoms with Gasteiger partial charge in [0.05, 0.1) is 5.69 Å². The van der Waals surface area contributed by atoms with Gasteiger partial charge >= 0.3 is 0 Å². The number of aromatic nitrogens is 3. The lowest BCUT2D eigenvalue weighted by molar-refractivity contribution is 0.525. The lowest BCUT2D eigenvalue weighted by Gasteiger charge is -2.13. The average Bonchev–Trinajstić information content (AvgIpc) is 3.13. The molecule has 0 aromatic carbocycles. The predicted octanol–water partition coefficient (Wildman–Crippen LogP) is 3.25. The Morgan fingerprint density at radius 2 is 2.14 bits per heavy atom. The van der Waals surface area contributed by atoms with E-state index < -0.39 is 0 Å². The van der Waals surface area contributed by atoms with Crippen LogP contribution in [0.25, 0.3) is 11.3 Å². The van der Waals surface area contributed by atoms with Gasteiger partial charge in [-0.3, -0.25) is 9.67 Å². The third-order valence-corrected chi connectivity index (χ3v) is 5.46. The molecule has 2 heterocycles. The van der Waals surface area contributed by atoms with Gasteiger partial charge in [0.1, 0.15) is 0 Å². The standard InChI is InChI=1S/C17H24N4S/c1-3-22-16-5-4-15(10-16)19-11-14-12-21(2)20-17(14)13-6-8-18-9-7-13/h6-9,12,15-16,19H,3-5,10-11H2,1-2H3. The molecule has 2 aromatic heterocycles. The number of nitrogens with zero attached hydrogens (tertiary/aromatic N) is 3. The van der Waals surface area contributed by atoms with Crippen molar-refractivity contribution in [1.82, 2.24) is 20.1 Å². The molecule has 2 unspecified atom stereocenters. The number of thioether (sulfide) groups is 1. The van der Waals surface area contributed by atoms with Gasteiger partial charge < -0.3 is 5.32 Å². The van der Waals surface area contributed by atoms with Crippen molar-refractivity contribution in [2.24, 2.45) is 7.05 Å². The average molecular weight is 316 g/mol. The second kappa shape index (κ2) is 7.29. The van der Waals surface area contributed by atoms with E-state index in [1.807, 2.05) is 36.3 Å². The Hall–Kier alpha value is -1.33. The van der Waals surface area contributed by atoms with E-state index in [-0.39, 0.29) is 0 Å². The van der Waals surface area contributed by atoms with Crippen molar-refractivity contribution in [1.29, 1.82) is 0 Å². The van der Waals surface area contributed by atoms with Crippen LogP contribution in [-0.4, -0.2) is 31.8 Å². The van der Waals surface area contributed by atoms with Gasteiger partial charge in [-0.15, -0.1) is 0 Å². The first-order chi connectivity index (χ1) is 10.8. The van der Waals surface area contributed by atoms with Crippen LogP contribution in [-0.2, 0) is 13.6 Å². The van der Waals surface area contributed by atoms with Gasteiger partial charge in [0.2, 0.25) is 0 Å². The zero-order valence-corrected chi connectivity index (χ0v) is 14.1. The fraction of sp³-hybridized carbons (Fsp3) is 0.529. The first-order valence-electron chi connectivity index (χ1n) is 8.04. The van der Waals surface area contributed by atoms with Crippen LogP contribution < -0.4 is 5.32 Å². The fourth-order valence-corrected chi connectivity index (χ4v) is 4.33. The Balaban J connectivity index is 1.64. The molecule has 22 heavy (non-hydrogen) atoms. The molecule has 2 atom stereocenters. The van der Waals surface area contributed by atoms with Crippen molar-refractivity contribution >= 4 is 11.8 Å². The lowest BCUT2D eigenvalue weighted by Crippen LogP contribution is -2.26. The van der Waals surface area contributed by atoms with Crippen LogP contribution in [0.2, 0.25) is 0 Å². The number of aryl methyl sites for hydroxylation is 1. The number of nitrogens with one attached hydrogen (secondary N) is 1. The third kappa shape index (κ3) is 3.70. The molecule has 0 aliphatic heterocycles. The summed E-state index contributed by atoms with van der Waals surface area (Å²) >= 11 is 2.11. The Morgan fingerprint density at radius 3 is 2.91 bits per heavy atom.